The first-order valence-corrected chi connectivity index (χ1v) is 18.3. The highest BCUT2D eigenvalue weighted by molar-refractivity contribution is 5.97. The molecule has 0 unspecified atom stereocenters. The van der Waals surface area contributed by atoms with Gasteiger partial charge in [-0.3, -0.25) is 9.55 Å². The zero-order valence-corrected chi connectivity index (χ0v) is 32.0. The molecule has 0 aliphatic rings. The molecule has 296 valence electrons. The van der Waals surface area contributed by atoms with Crippen molar-refractivity contribution < 1.29 is 44.9 Å². The van der Waals surface area contributed by atoms with Crippen LogP contribution in [-0.4, -0.2) is 19.6 Å². The van der Waals surface area contributed by atoms with E-state index >= 15 is 0 Å². The van der Waals surface area contributed by atoms with Gasteiger partial charge in [-0.1, -0.05) is 153 Å². The van der Waals surface area contributed by atoms with E-state index in [4.69, 9.17) is 43.4 Å². The van der Waals surface area contributed by atoms with Crippen LogP contribution in [-0.2, 0) is 16.2 Å². The van der Waals surface area contributed by atoms with Gasteiger partial charge in [0, 0.05) is 51.6 Å². The molecule has 0 spiro atoms. The third-order valence-electron chi connectivity index (χ3n) is 9.94. The van der Waals surface area contributed by atoms with Gasteiger partial charge >= 0.3 is 0 Å². The monoisotopic (exact) mass is 803 g/mol. The van der Waals surface area contributed by atoms with Crippen molar-refractivity contribution in [3.63, 3.8) is 0 Å². The number of hydrogen-bond donors (Lipinski definition) is 1. The molecule has 0 aliphatic carbocycles. The fourth-order valence-electron chi connectivity index (χ4n) is 6.91. The van der Waals surface area contributed by atoms with Crippen LogP contribution in [0.2, 0.25) is 0 Å². The molecule has 0 fully saturated rings. The van der Waals surface area contributed by atoms with Gasteiger partial charge in [0.05, 0.1) is 38.9 Å². The Bertz CT molecular complexity index is 3980. The van der Waals surface area contributed by atoms with Crippen molar-refractivity contribution in [2.45, 2.75) is 85.0 Å². The summed E-state index contributed by atoms with van der Waals surface area (Å²) in [5, 5.41) is 13.0. The first-order chi connectivity index (χ1) is 40.0. The molecular weight excluding hydrogens is 719 g/mol. The number of nitrogens with zero attached hydrogens (tertiary/aromatic N) is 3. The molecule has 0 atom stereocenters. The van der Waals surface area contributed by atoms with E-state index in [0.717, 1.165) is 4.57 Å². The maximum atomic E-state index is 13.0. The highest BCUT2D eigenvalue weighted by Crippen LogP contribution is 2.45. The Morgan fingerprint density at radius 2 is 1.36 bits per heavy atom. The minimum atomic E-state index is -4.32. The fourth-order valence-corrected chi connectivity index (χ4v) is 6.91. The van der Waals surface area contributed by atoms with Gasteiger partial charge in [0.15, 0.2) is 0 Å². The number of imidazole rings is 1. The van der Waals surface area contributed by atoms with Gasteiger partial charge < -0.3 is 5.11 Å². The highest BCUT2D eigenvalue weighted by atomic mass is 16.3. The zero-order chi connectivity index (χ0) is 66.3. The molecule has 6 aromatic carbocycles. The third kappa shape index (κ3) is 7.72. The lowest BCUT2D eigenvalue weighted by atomic mass is 9.79. The number of phenols is 1. The largest absolute Gasteiger partial charge is 0.507 e. The van der Waals surface area contributed by atoms with Crippen LogP contribution in [0.3, 0.4) is 0 Å². The molecule has 59 heavy (non-hydrogen) atoms. The predicted octanol–water partition coefficient (Wildman–Crippen LogP) is 14.7. The number of phenolic OH excluding ortho intramolecular Hbond substituents is 1. The standard InChI is InChI=1S/C55H55N3O/c1-35-28-38(36-18-13-11-14-19-36)24-25-48(35)58-49-23-17-22-44(50(49)57-52(58)45-33-43(54(5,6)7)34-46(51(45)59)55(8,9)10)40-29-41(31-42(30-40)53(2,3)4)47-32-39(26-27-56-47)37-20-15-12-16-21-37/h11-34,59H,1-10H3/i1D3,5D3,6D3,7D3,8D3,9D3,10D3,12D,15D,16D,20D,21D,26D,27D,32D. The normalized spacial score (nSPS) is 21.0. The lowest BCUT2D eigenvalue weighted by molar-refractivity contribution is 0.446. The van der Waals surface area contributed by atoms with Gasteiger partial charge in [-0.05, 0) is 116 Å². The van der Waals surface area contributed by atoms with Gasteiger partial charge in [0.25, 0.3) is 0 Å². The Labute approximate surface area is 391 Å². The van der Waals surface area contributed by atoms with Crippen molar-refractivity contribution in [1.82, 2.24) is 14.5 Å². The van der Waals surface area contributed by atoms with E-state index < -0.39 is 158 Å². The SMILES string of the molecule is [2H]c1nc(-c2cc(-c3cccc4c3nc(-c3cc(C(C([2H])([2H])[2H])(C([2H])([2H])[2H])C([2H])([2H])[2H])cc(C(C([2H])([2H])[2H])(C([2H])([2H])[2H])C([2H])([2H])[2H])c3O)n4-c3ccc(-c4ccccc4)cc3C([2H])([2H])[2H])cc(C(C)(C)C)c2)c([2H])c(-c2c([2H])c([2H])c([2H])c([2H])c2[2H])c1[2H]. The van der Waals surface area contributed by atoms with Crippen LogP contribution in [0, 0.1) is 6.85 Å². The number of hydrogen-bond acceptors (Lipinski definition) is 3. The van der Waals surface area contributed by atoms with Crippen molar-refractivity contribution in [3.8, 4) is 67.5 Å². The predicted molar refractivity (Wildman–Crippen MR) is 249 cm³/mol. The van der Waals surface area contributed by atoms with Gasteiger partial charge in [-0.2, -0.15) is 0 Å². The number of benzene rings is 6. The van der Waals surface area contributed by atoms with Crippen molar-refractivity contribution in [2.75, 3.05) is 0 Å². The molecule has 0 amide bonds. The summed E-state index contributed by atoms with van der Waals surface area (Å²) in [6.07, 6.45) is -0.759. The highest BCUT2D eigenvalue weighted by Gasteiger charge is 2.29. The van der Waals surface area contributed by atoms with E-state index in [0.29, 0.717) is 22.8 Å². The molecule has 0 saturated carbocycles. The Morgan fingerprint density at radius 1 is 0.610 bits per heavy atom. The van der Waals surface area contributed by atoms with Gasteiger partial charge in [-0.15, -0.1) is 0 Å². The molecule has 4 nitrogen and oxygen atoms in total. The van der Waals surface area contributed by atoms with E-state index in [1.54, 1.807) is 63.2 Å². The van der Waals surface area contributed by atoms with Crippen molar-refractivity contribution >= 4 is 11.0 Å². The number of aromatic nitrogens is 3. The number of rotatable bonds is 6. The second-order valence-electron chi connectivity index (χ2n) is 15.2. The maximum absolute atomic E-state index is 13.0. The summed E-state index contributed by atoms with van der Waals surface area (Å²) in [7, 11) is 0. The average molecular weight is 803 g/mol. The molecule has 1 N–H and O–H groups in total. The molecule has 2 aromatic heterocycles. The third-order valence-corrected chi connectivity index (χ3v) is 9.94. The maximum Gasteiger partial charge on any atom is 0.149 e. The topological polar surface area (TPSA) is 50.9 Å². The zero-order valence-electron chi connectivity index (χ0n) is 61.0. The van der Waals surface area contributed by atoms with Crippen LogP contribution in [0.15, 0.2) is 146 Å². The van der Waals surface area contributed by atoms with Crippen molar-refractivity contribution in [1.29, 1.82) is 0 Å². The smallest absolute Gasteiger partial charge is 0.149 e. The van der Waals surface area contributed by atoms with Crippen LogP contribution < -0.4 is 0 Å². The van der Waals surface area contributed by atoms with Crippen molar-refractivity contribution in [3.05, 3.63) is 168 Å². The number of para-hydroxylation sites is 1. The molecule has 8 aromatic rings. The number of aromatic hydroxyl groups is 1. The summed E-state index contributed by atoms with van der Waals surface area (Å²) < 4.78 is 254. The van der Waals surface area contributed by atoms with Crippen molar-refractivity contribution in [2.24, 2.45) is 0 Å². The summed E-state index contributed by atoms with van der Waals surface area (Å²) in [5.74, 6) is -2.38. The second-order valence-corrected chi connectivity index (χ2v) is 15.2. The fraction of sp³-hybridized carbons (Fsp3) is 0.236. The van der Waals surface area contributed by atoms with Gasteiger partial charge in [-0.25, -0.2) is 4.98 Å². The molecule has 2 heterocycles. The Balaban J connectivity index is 1.63. The average Bonchev–Trinajstić information content (AvgIpc) is 0.857. The summed E-state index contributed by atoms with van der Waals surface area (Å²) >= 11 is 0. The molecular formula is C55H55N3O. The Kier molecular flexibility index (Phi) is 4.51. The Hall–Kier alpha value is -6.26. The van der Waals surface area contributed by atoms with E-state index in [-0.39, 0.29) is 45.2 Å². The number of aryl methyl sites for hydroxylation is 1. The molecule has 4 heteroatoms. The summed E-state index contributed by atoms with van der Waals surface area (Å²) in [6, 6.07) is 16.9. The number of fused-ring (bicyclic) bond motifs is 1. The van der Waals surface area contributed by atoms with Crippen LogP contribution in [0.4, 0.5) is 0 Å². The first kappa shape index (κ1) is 17.9. The van der Waals surface area contributed by atoms with Crippen LogP contribution >= 0.6 is 0 Å². The molecule has 0 radical (unpaired) electrons. The molecule has 8 rings (SSSR count). The lowest BCUT2D eigenvalue weighted by Gasteiger charge is -2.27. The van der Waals surface area contributed by atoms with E-state index in [1.165, 1.54) is 42.5 Å². The van der Waals surface area contributed by atoms with Crippen LogP contribution in [0.5, 0.6) is 5.75 Å². The minimum Gasteiger partial charge on any atom is -0.507 e. The summed E-state index contributed by atoms with van der Waals surface area (Å²) in [5.41, 5.74) is -14.4. The van der Waals surface area contributed by atoms with E-state index in [1.807, 2.05) is 0 Å². The Morgan fingerprint density at radius 3 is 2.08 bits per heavy atom. The number of pyridine rings is 1. The summed E-state index contributed by atoms with van der Waals surface area (Å²) in [6.45, 7) is -23.1. The van der Waals surface area contributed by atoms with E-state index in [9.17, 15) is 6.48 Å². The minimum absolute atomic E-state index is 0.0491. The van der Waals surface area contributed by atoms with Crippen LogP contribution in [0.25, 0.3) is 72.7 Å². The first-order valence-electron chi connectivity index (χ1n) is 32.8. The van der Waals surface area contributed by atoms with E-state index in [2.05, 4.69) is 4.98 Å². The molecule has 0 saturated heterocycles. The second kappa shape index (κ2) is 14.8. The lowest BCUT2D eigenvalue weighted by Crippen LogP contribution is -2.17. The quantitative estimate of drug-likeness (QED) is 0.182. The summed E-state index contributed by atoms with van der Waals surface area (Å²) in [4.78, 5) is 9.23. The molecule has 0 bridgehead atoms. The molecule has 0 aliphatic heterocycles. The van der Waals surface area contributed by atoms with Gasteiger partial charge in [0.2, 0.25) is 0 Å². The van der Waals surface area contributed by atoms with Crippen LogP contribution in [0.1, 0.15) is 124 Å². The van der Waals surface area contributed by atoms with Gasteiger partial charge in [0.1, 0.15) is 11.6 Å².